The summed E-state index contributed by atoms with van der Waals surface area (Å²) in [4.78, 5) is 23.1. The maximum atomic E-state index is 11.6. The van der Waals surface area contributed by atoms with E-state index in [4.69, 9.17) is 9.73 Å². The lowest BCUT2D eigenvalue weighted by molar-refractivity contribution is -0.121. The number of hydrogen-bond acceptors (Lipinski definition) is 4. The summed E-state index contributed by atoms with van der Waals surface area (Å²) in [5.41, 5.74) is 1.08. The number of aliphatic imine (C=N–C) groups is 1. The number of halogens is 1. The van der Waals surface area contributed by atoms with E-state index in [1.54, 1.807) is 13.2 Å². The minimum atomic E-state index is 0. The summed E-state index contributed by atoms with van der Waals surface area (Å²) in [7, 11) is 1.70. The van der Waals surface area contributed by atoms with Crippen LogP contribution >= 0.6 is 24.0 Å². The van der Waals surface area contributed by atoms with Gasteiger partial charge in [-0.1, -0.05) is 13.8 Å². The van der Waals surface area contributed by atoms with Crippen LogP contribution in [0.25, 0.3) is 0 Å². The topological polar surface area (TPSA) is 78.9 Å². The molecule has 1 atom stereocenters. The van der Waals surface area contributed by atoms with Crippen LogP contribution in [-0.4, -0.2) is 54.5 Å². The van der Waals surface area contributed by atoms with Gasteiger partial charge in [0.15, 0.2) is 5.96 Å². The molecule has 0 bridgehead atoms. The van der Waals surface area contributed by atoms with Gasteiger partial charge in [0.05, 0.1) is 12.6 Å². The van der Waals surface area contributed by atoms with Gasteiger partial charge in [0, 0.05) is 45.4 Å². The molecule has 0 saturated carbocycles. The molecule has 31 heavy (non-hydrogen) atoms. The second-order valence-electron chi connectivity index (χ2n) is 8.54. The number of nitrogens with zero attached hydrogens (tertiary/aromatic N) is 3. The summed E-state index contributed by atoms with van der Waals surface area (Å²) in [6.07, 6.45) is 5.58. The van der Waals surface area contributed by atoms with Gasteiger partial charge in [0.25, 0.3) is 0 Å². The molecule has 2 rings (SSSR count). The molecular weight excluding hydrogens is 505 g/mol. The number of nitrogens with one attached hydrogen (secondary N) is 2. The van der Waals surface area contributed by atoms with Gasteiger partial charge in [0.2, 0.25) is 11.8 Å². The standard InChI is InChI=1S/C23H39N5O2.HI/c1-6-25-23(28-11-8-19(9-12-28)14-21(29)24-5)27-16-20-7-10-26-22(15-20)30-18(4)13-17(2)3;/h7,10,15,17-19H,6,8-9,11-14,16H2,1-5H3,(H,24,29)(H,25,27);1H. The first-order valence-corrected chi connectivity index (χ1v) is 11.3. The Morgan fingerprint density at radius 1 is 1.32 bits per heavy atom. The Morgan fingerprint density at radius 3 is 2.65 bits per heavy atom. The summed E-state index contributed by atoms with van der Waals surface area (Å²) < 4.78 is 5.97. The normalized spacial score (nSPS) is 15.9. The molecule has 1 aliphatic rings. The molecular formula is C23H40IN5O2. The Labute approximate surface area is 204 Å². The van der Waals surface area contributed by atoms with E-state index < -0.39 is 0 Å². The zero-order valence-electron chi connectivity index (χ0n) is 19.7. The quantitative estimate of drug-likeness (QED) is 0.280. The van der Waals surface area contributed by atoms with E-state index in [0.717, 1.165) is 50.4 Å². The second-order valence-corrected chi connectivity index (χ2v) is 8.54. The lowest BCUT2D eigenvalue weighted by atomic mass is 9.93. The maximum absolute atomic E-state index is 11.6. The van der Waals surface area contributed by atoms with Crippen LogP contribution in [0.2, 0.25) is 0 Å². The molecule has 0 radical (unpaired) electrons. The highest BCUT2D eigenvalue weighted by atomic mass is 127. The van der Waals surface area contributed by atoms with Crippen molar-refractivity contribution in [1.29, 1.82) is 0 Å². The highest BCUT2D eigenvalue weighted by Crippen LogP contribution is 2.21. The number of amides is 1. The molecule has 1 aromatic heterocycles. The van der Waals surface area contributed by atoms with Crippen LogP contribution in [0, 0.1) is 11.8 Å². The van der Waals surface area contributed by atoms with E-state index >= 15 is 0 Å². The molecule has 1 fully saturated rings. The van der Waals surface area contributed by atoms with Crippen LogP contribution in [0.5, 0.6) is 5.88 Å². The number of rotatable bonds is 9. The van der Waals surface area contributed by atoms with E-state index in [0.29, 0.717) is 30.7 Å². The predicted octanol–water partition coefficient (Wildman–Crippen LogP) is 3.83. The Balaban J connectivity index is 0.00000480. The van der Waals surface area contributed by atoms with Gasteiger partial charge < -0.3 is 20.3 Å². The van der Waals surface area contributed by atoms with Gasteiger partial charge >= 0.3 is 0 Å². The Bertz CT molecular complexity index is 690. The molecule has 1 aromatic rings. The van der Waals surface area contributed by atoms with Crippen molar-refractivity contribution in [3.8, 4) is 5.88 Å². The van der Waals surface area contributed by atoms with Gasteiger partial charge in [-0.25, -0.2) is 9.98 Å². The van der Waals surface area contributed by atoms with E-state index in [-0.39, 0.29) is 36.0 Å². The Morgan fingerprint density at radius 2 is 2.03 bits per heavy atom. The summed E-state index contributed by atoms with van der Waals surface area (Å²) in [6, 6.07) is 3.97. The fraction of sp³-hybridized carbons (Fsp3) is 0.696. The SMILES string of the molecule is CCNC(=NCc1ccnc(OC(C)CC(C)C)c1)N1CCC(CC(=O)NC)CC1.I. The molecule has 8 heteroatoms. The Kier molecular flexibility index (Phi) is 12.8. The number of likely N-dealkylation sites (tertiary alicyclic amines) is 1. The van der Waals surface area contributed by atoms with E-state index in [2.05, 4.69) is 48.2 Å². The third-order valence-electron chi connectivity index (χ3n) is 5.34. The summed E-state index contributed by atoms with van der Waals surface area (Å²) in [5, 5.41) is 6.13. The van der Waals surface area contributed by atoms with Crippen molar-refractivity contribution in [3.05, 3.63) is 23.9 Å². The van der Waals surface area contributed by atoms with Crippen LogP contribution in [0.1, 0.15) is 58.9 Å². The largest absolute Gasteiger partial charge is 0.475 e. The molecule has 0 aliphatic carbocycles. The second kappa shape index (κ2) is 14.5. The van der Waals surface area contributed by atoms with Crippen molar-refractivity contribution in [1.82, 2.24) is 20.5 Å². The zero-order chi connectivity index (χ0) is 21.9. The van der Waals surface area contributed by atoms with Crippen molar-refractivity contribution < 1.29 is 9.53 Å². The first-order chi connectivity index (χ1) is 14.4. The van der Waals surface area contributed by atoms with Crippen molar-refractivity contribution in [2.75, 3.05) is 26.7 Å². The number of carbonyl (C=O) groups is 1. The van der Waals surface area contributed by atoms with Gasteiger partial charge in [-0.2, -0.15) is 0 Å². The number of pyridine rings is 1. The maximum Gasteiger partial charge on any atom is 0.220 e. The summed E-state index contributed by atoms with van der Waals surface area (Å²) in [5.74, 6) is 2.78. The van der Waals surface area contributed by atoms with Crippen LogP contribution in [0.15, 0.2) is 23.3 Å². The van der Waals surface area contributed by atoms with Crippen LogP contribution in [-0.2, 0) is 11.3 Å². The third kappa shape index (κ3) is 10.1. The molecule has 1 aliphatic heterocycles. The minimum Gasteiger partial charge on any atom is -0.475 e. The number of hydrogen-bond donors (Lipinski definition) is 2. The van der Waals surface area contributed by atoms with Crippen LogP contribution < -0.4 is 15.4 Å². The van der Waals surface area contributed by atoms with Crippen LogP contribution in [0.3, 0.4) is 0 Å². The molecule has 2 N–H and O–H groups in total. The Hall–Kier alpha value is -1.58. The van der Waals surface area contributed by atoms with E-state index in [9.17, 15) is 4.79 Å². The first-order valence-electron chi connectivity index (χ1n) is 11.3. The number of piperidine rings is 1. The molecule has 0 aromatic carbocycles. The molecule has 7 nitrogen and oxygen atoms in total. The van der Waals surface area contributed by atoms with E-state index in [1.807, 2.05) is 12.1 Å². The summed E-state index contributed by atoms with van der Waals surface area (Å²) in [6.45, 7) is 11.8. The molecule has 2 heterocycles. The zero-order valence-corrected chi connectivity index (χ0v) is 22.0. The molecule has 1 saturated heterocycles. The van der Waals surface area contributed by atoms with Crippen LogP contribution in [0.4, 0.5) is 0 Å². The number of guanidine groups is 1. The number of aromatic nitrogens is 1. The average Bonchev–Trinajstić information content (AvgIpc) is 2.71. The smallest absolute Gasteiger partial charge is 0.220 e. The monoisotopic (exact) mass is 545 g/mol. The highest BCUT2D eigenvalue weighted by molar-refractivity contribution is 14.0. The molecule has 1 unspecified atom stereocenters. The van der Waals surface area contributed by atoms with Crippen molar-refractivity contribution >= 4 is 35.8 Å². The average molecular weight is 546 g/mol. The molecule has 176 valence electrons. The molecule has 0 spiro atoms. The minimum absolute atomic E-state index is 0. The summed E-state index contributed by atoms with van der Waals surface area (Å²) >= 11 is 0. The fourth-order valence-corrected chi connectivity index (χ4v) is 3.84. The predicted molar refractivity (Wildman–Crippen MR) is 137 cm³/mol. The fourth-order valence-electron chi connectivity index (χ4n) is 3.84. The third-order valence-corrected chi connectivity index (χ3v) is 5.34. The van der Waals surface area contributed by atoms with Crippen molar-refractivity contribution in [2.45, 2.75) is 66.0 Å². The van der Waals surface area contributed by atoms with Gasteiger partial charge in [-0.05, 0) is 56.6 Å². The first kappa shape index (κ1) is 27.5. The van der Waals surface area contributed by atoms with Gasteiger partial charge in [-0.3, -0.25) is 4.79 Å². The number of ether oxygens (including phenoxy) is 1. The van der Waals surface area contributed by atoms with Crippen molar-refractivity contribution in [3.63, 3.8) is 0 Å². The van der Waals surface area contributed by atoms with Crippen molar-refractivity contribution in [2.24, 2.45) is 16.8 Å². The lowest BCUT2D eigenvalue weighted by Crippen LogP contribution is -2.46. The lowest BCUT2D eigenvalue weighted by Gasteiger charge is -2.34. The highest BCUT2D eigenvalue weighted by Gasteiger charge is 2.23. The van der Waals surface area contributed by atoms with Gasteiger partial charge in [-0.15, -0.1) is 24.0 Å². The van der Waals surface area contributed by atoms with Gasteiger partial charge in [0.1, 0.15) is 0 Å². The molecule has 1 amide bonds. The number of carbonyl (C=O) groups excluding carboxylic acids is 1. The van der Waals surface area contributed by atoms with E-state index in [1.165, 1.54) is 0 Å².